The number of methoxy groups -OCH3 is 1. The molecule has 0 amide bonds. The topological polar surface area (TPSA) is 22.1 Å². The molecule has 0 aliphatic heterocycles. The second-order valence-corrected chi connectivity index (χ2v) is 4.41. The van der Waals surface area contributed by atoms with E-state index < -0.39 is 0 Å². The molecule has 20 heavy (non-hydrogen) atoms. The van der Waals surface area contributed by atoms with E-state index in [2.05, 4.69) is 29.0 Å². The van der Waals surface area contributed by atoms with Crippen LogP contribution in [0, 0.1) is 11.8 Å². The molecule has 2 aromatic carbocycles. The number of benzene rings is 2. The van der Waals surface area contributed by atoms with E-state index in [-0.39, 0.29) is 0 Å². The lowest BCUT2D eigenvalue weighted by Crippen LogP contribution is -1.83. The van der Waals surface area contributed by atoms with Gasteiger partial charge in [-0.15, -0.1) is 0 Å². The van der Waals surface area contributed by atoms with Crippen molar-refractivity contribution in [3.63, 3.8) is 0 Å². The van der Waals surface area contributed by atoms with Gasteiger partial charge in [-0.1, -0.05) is 24.0 Å². The van der Waals surface area contributed by atoms with Gasteiger partial charge in [-0.3, -0.25) is 4.98 Å². The summed E-state index contributed by atoms with van der Waals surface area (Å²) in [5.74, 6) is 7.17. The molecule has 0 saturated heterocycles. The normalized spacial score (nSPS) is 9.85. The van der Waals surface area contributed by atoms with Gasteiger partial charge in [0.15, 0.2) is 0 Å². The quantitative estimate of drug-likeness (QED) is 0.622. The van der Waals surface area contributed by atoms with Gasteiger partial charge in [0, 0.05) is 23.5 Å². The van der Waals surface area contributed by atoms with Crippen LogP contribution >= 0.6 is 0 Å². The first-order valence-corrected chi connectivity index (χ1v) is 6.35. The number of nitrogens with zero attached hydrogens (tertiary/aromatic N) is 1. The van der Waals surface area contributed by atoms with Crippen molar-refractivity contribution in [3.05, 3.63) is 72.1 Å². The molecule has 2 nitrogen and oxygen atoms in total. The largest absolute Gasteiger partial charge is 0.497 e. The van der Waals surface area contributed by atoms with Crippen molar-refractivity contribution in [3.8, 4) is 17.6 Å². The van der Waals surface area contributed by atoms with Crippen LogP contribution in [0.1, 0.15) is 11.1 Å². The molecule has 1 heterocycles. The third-order valence-electron chi connectivity index (χ3n) is 3.08. The summed E-state index contributed by atoms with van der Waals surface area (Å²) in [6.45, 7) is 0. The molecule has 1 aromatic heterocycles. The monoisotopic (exact) mass is 259 g/mol. The average molecular weight is 259 g/mol. The van der Waals surface area contributed by atoms with Gasteiger partial charge in [-0.05, 0) is 47.2 Å². The van der Waals surface area contributed by atoms with Gasteiger partial charge >= 0.3 is 0 Å². The van der Waals surface area contributed by atoms with Crippen LogP contribution < -0.4 is 4.74 Å². The maximum absolute atomic E-state index is 5.22. The van der Waals surface area contributed by atoms with E-state index in [0.29, 0.717) is 0 Å². The third-order valence-corrected chi connectivity index (χ3v) is 3.08. The number of ether oxygens (including phenoxy) is 1. The second-order valence-electron chi connectivity index (χ2n) is 4.41. The summed E-state index contributed by atoms with van der Waals surface area (Å²) in [7, 11) is 1.68. The van der Waals surface area contributed by atoms with Crippen LogP contribution in [0.5, 0.6) is 5.75 Å². The van der Waals surface area contributed by atoms with Crippen LogP contribution in [-0.4, -0.2) is 12.1 Å². The smallest absolute Gasteiger partial charge is 0.119 e. The molecule has 0 radical (unpaired) electrons. The maximum atomic E-state index is 5.22. The zero-order chi connectivity index (χ0) is 13.8. The lowest BCUT2D eigenvalue weighted by molar-refractivity contribution is 0.415. The third kappa shape index (κ3) is 2.62. The van der Waals surface area contributed by atoms with Crippen LogP contribution in [0.4, 0.5) is 0 Å². The average Bonchev–Trinajstić information content (AvgIpc) is 2.53. The minimum Gasteiger partial charge on any atom is -0.497 e. The van der Waals surface area contributed by atoms with Crippen molar-refractivity contribution in [2.45, 2.75) is 0 Å². The maximum Gasteiger partial charge on any atom is 0.119 e. The molecule has 0 fully saturated rings. The van der Waals surface area contributed by atoms with Gasteiger partial charge in [0.1, 0.15) is 5.75 Å². The Bertz CT molecular complexity index is 798. The number of hydrogen-bond donors (Lipinski definition) is 0. The minimum atomic E-state index is 0.869. The molecular formula is C18H13NO. The van der Waals surface area contributed by atoms with E-state index >= 15 is 0 Å². The Labute approximate surface area is 118 Å². The molecule has 0 N–H and O–H groups in total. The van der Waals surface area contributed by atoms with Crippen molar-refractivity contribution in [2.75, 3.05) is 7.11 Å². The Balaban J connectivity index is 1.96. The van der Waals surface area contributed by atoms with Gasteiger partial charge in [-0.25, -0.2) is 0 Å². The molecule has 3 rings (SSSR count). The number of rotatable bonds is 1. The Kier molecular flexibility index (Phi) is 3.34. The standard InChI is InChI=1S/C18H13NO/c1-20-18-7-6-16-12-15(4-5-17(16)13-18)3-2-14-8-10-19-11-9-14/h4-13H,1H3. The molecule has 0 aliphatic rings. The molecular weight excluding hydrogens is 246 g/mol. The lowest BCUT2D eigenvalue weighted by Gasteiger charge is -2.02. The fraction of sp³-hybridized carbons (Fsp3) is 0.0556. The highest BCUT2D eigenvalue weighted by atomic mass is 16.5. The summed E-state index contributed by atoms with van der Waals surface area (Å²) < 4.78 is 5.22. The molecule has 0 bridgehead atoms. The van der Waals surface area contributed by atoms with Crippen molar-refractivity contribution in [1.29, 1.82) is 0 Å². The van der Waals surface area contributed by atoms with Gasteiger partial charge in [0.05, 0.1) is 7.11 Å². The fourth-order valence-corrected chi connectivity index (χ4v) is 2.01. The predicted molar refractivity (Wildman–Crippen MR) is 80.7 cm³/mol. The Hall–Kier alpha value is -2.79. The van der Waals surface area contributed by atoms with E-state index in [1.807, 2.05) is 36.4 Å². The van der Waals surface area contributed by atoms with Gasteiger partial charge < -0.3 is 4.74 Å². The fourth-order valence-electron chi connectivity index (χ4n) is 2.01. The molecule has 0 aliphatic carbocycles. The van der Waals surface area contributed by atoms with E-state index in [1.165, 1.54) is 0 Å². The zero-order valence-corrected chi connectivity index (χ0v) is 11.1. The molecule has 0 unspecified atom stereocenters. The summed E-state index contributed by atoms with van der Waals surface area (Å²) in [5, 5.41) is 2.31. The lowest BCUT2D eigenvalue weighted by atomic mass is 10.1. The highest BCUT2D eigenvalue weighted by molar-refractivity contribution is 5.85. The van der Waals surface area contributed by atoms with Gasteiger partial charge in [0.25, 0.3) is 0 Å². The van der Waals surface area contributed by atoms with Crippen molar-refractivity contribution in [2.24, 2.45) is 0 Å². The molecule has 96 valence electrons. The minimum absolute atomic E-state index is 0.869. The molecule has 2 heteroatoms. The Morgan fingerprint density at radius 1 is 0.800 bits per heavy atom. The molecule has 3 aromatic rings. The first-order chi connectivity index (χ1) is 9.85. The summed E-state index contributed by atoms with van der Waals surface area (Å²) >= 11 is 0. The highest BCUT2D eigenvalue weighted by Crippen LogP contribution is 2.21. The van der Waals surface area contributed by atoms with E-state index in [4.69, 9.17) is 4.74 Å². The summed E-state index contributed by atoms with van der Waals surface area (Å²) in [6.07, 6.45) is 3.49. The van der Waals surface area contributed by atoms with Crippen molar-refractivity contribution >= 4 is 10.8 Å². The van der Waals surface area contributed by atoms with Gasteiger partial charge in [-0.2, -0.15) is 0 Å². The SMILES string of the molecule is COc1ccc2cc(C#Cc3ccncc3)ccc2c1. The Morgan fingerprint density at radius 2 is 1.50 bits per heavy atom. The van der Waals surface area contributed by atoms with Crippen molar-refractivity contribution in [1.82, 2.24) is 4.98 Å². The summed E-state index contributed by atoms with van der Waals surface area (Å²) in [6, 6.07) is 16.0. The zero-order valence-electron chi connectivity index (χ0n) is 11.1. The number of fused-ring (bicyclic) bond motifs is 1. The van der Waals surface area contributed by atoms with E-state index in [0.717, 1.165) is 27.6 Å². The van der Waals surface area contributed by atoms with Crippen LogP contribution in [0.15, 0.2) is 60.9 Å². The summed E-state index contributed by atoms with van der Waals surface area (Å²) in [5.41, 5.74) is 1.97. The highest BCUT2D eigenvalue weighted by Gasteiger charge is 1.97. The van der Waals surface area contributed by atoms with E-state index in [9.17, 15) is 0 Å². The van der Waals surface area contributed by atoms with Gasteiger partial charge in [0.2, 0.25) is 0 Å². The van der Waals surface area contributed by atoms with Crippen LogP contribution in [0.3, 0.4) is 0 Å². The Morgan fingerprint density at radius 3 is 2.30 bits per heavy atom. The first kappa shape index (κ1) is 12.3. The van der Waals surface area contributed by atoms with E-state index in [1.54, 1.807) is 19.5 Å². The molecule has 0 saturated carbocycles. The molecule has 0 spiro atoms. The van der Waals surface area contributed by atoms with Crippen LogP contribution in [0.2, 0.25) is 0 Å². The number of pyridine rings is 1. The first-order valence-electron chi connectivity index (χ1n) is 6.35. The number of aromatic nitrogens is 1. The van der Waals surface area contributed by atoms with Crippen molar-refractivity contribution < 1.29 is 4.74 Å². The van der Waals surface area contributed by atoms with Crippen LogP contribution in [-0.2, 0) is 0 Å². The number of hydrogen-bond acceptors (Lipinski definition) is 2. The summed E-state index contributed by atoms with van der Waals surface area (Å²) in [4.78, 5) is 3.98. The molecule has 0 atom stereocenters. The second kappa shape index (κ2) is 5.46. The predicted octanol–water partition coefficient (Wildman–Crippen LogP) is 3.64. The van der Waals surface area contributed by atoms with Crippen LogP contribution in [0.25, 0.3) is 10.8 Å².